The van der Waals surface area contributed by atoms with Gasteiger partial charge in [0, 0.05) is 6.54 Å². The van der Waals surface area contributed by atoms with Crippen molar-refractivity contribution >= 4 is 0 Å². The van der Waals surface area contributed by atoms with Crippen LogP contribution in [-0.4, -0.2) is 54.4 Å². The van der Waals surface area contributed by atoms with Crippen molar-refractivity contribution in [3.63, 3.8) is 0 Å². The zero-order valence-electron chi connectivity index (χ0n) is 11.3. The lowest BCUT2D eigenvalue weighted by Crippen LogP contribution is -2.75. The Morgan fingerprint density at radius 3 is 2.22 bits per heavy atom. The Bertz CT molecular complexity index is 318. The molecule has 6 saturated heterocycles. The highest BCUT2D eigenvalue weighted by Crippen LogP contribution is 2.36. The lowest BCUT2D eigenvalue weighted by atomic mass is 9.78. The van der Waals surface area contributed by atoms with Crippen molar-refractivity contribution in [3.05, 3.63) is 0 Å². The molecule has 0 aromatic rings. The lowest BCUT2D eigenvalue weighted by Gasteiger charge is -2.55. The van der Waals surface area contributed by atoms with Gasteiger partial charge in [0.15, 0.2) is 0 Å². The third-order valence-electron chi connectivity index (χ3n) is 5.88. The Kier molecular flexibility index (Phi) is 2.70. The molecule has 6 fully saturated rings. The predicted octanol–water partition coefficient (Wildman–Crippen LogP) is 0.398. The van der Waals surface area contributed by atoms with E-state index < -0.39 is 0 Å². The molecule has 0 aliphatic carbocycles. The van der Waals surface area contributed by atoms with Crippen LogP contribution in [0.3, 0.4) is 0 Å². The minimum Gasteiger partial charge on any atom is -0.312 e. The molecule has 102 valence electrons. The van der Waals surface area contributed by atoms with Gasteiger partial charge in [0.05, 0.1) is 11.8 Å². The number of hydrogen-bond donors (Lipinski definition) is 2. The number of hydrogen-bond acceptors (Lipinski definition) is 4. The SMILES string of the molecule is N[C@@]1(N[C@H]2CC3CCN2CC3)CN2CCC1CC2. The van der Waals surface area contributed by atoms with E-state index in [0.29, 0.717) is 12.1 Å². The third-order valence-corrected chi connectivity index (χ3v) is 5.88. The van der Waals surface area contributed by atoms with Crippen molar-refractivity contribution in [2.75, 3.05) is 32.7 Å². The highest BCUT2D eigenvalue weighted by Gasteiger charge is 2.46. The van der Waals surface area contributed by atoms with E-state index in [1.807, 2.05) is 0 Å². The van der Waals surface area contributed by atoms with Crippen LogP contribution in [0.25, 0.3) is 0 Å². The minimum atomic E-state index is -0.112. The quantitative estimate of drug-likeness (QED) is 0.696. The molecular formula is C14H26N4. The maximum absolute atomic E-state index is 6.73. The van der Waals surface area contributed by atoms with Crippen molar-refractivity contribution in [3.8, 4) is 0 Å². The molecule has 2 atom stereocenters. The lowest BCUT2D eigenvalue weighted by molar-refractivity contribution is -0.0440. The van der Waals surface area contributed by atoms with Crippen LogP contribution < -0.4 is 11.1 Å². The van der Waals surface area contributed by atoms with Gasteiger partial charge in [0.2, 0.25) is 0 Å². The smallest absolute Gasteiger partial charge is 0.0834 e. The zero-order valence-corrected chi connectivity index (χ0v) is 11.3. The summed E-state index contributed by atoms with van der Waals surface area (Å²) in [6.07, 6.45) is 7.28. The molecular weight excluding hydrogens is 224 g/mol. The van der Waals surface area contributed by atoms with Gasteiger partial charge >= 0.3 is 0 Å². The number of rotatable bonds is 2. The summed E-state index contributed by atoms with van der Waals surface area (Å²) in [7, 11) is 0. The summed E-state index contributed by atoms with van der Waals surface area (Å²) < 4.78 is 0. The van der Waals surface area contributed by atoms with Crippen LogP contribution in [0.4, 0.5) is 0 Å². The number of nitrogens with two attached hydrogens (primary N) is 1. The molecule has 6 heterocycles. The maximum Gasteiger partial charge on any atom is 0.0834 e. The molecule has 18 heavy (non-hydrogen) atoms. The molecule has 0 aromatic carbocycles. The van der Waals surface area contributed by atoms with Gasteiger partial charge in [-0.05, 0) is 70.1 Å². The van der Waals surface area contributed by atoms with Gasteiger partial charge in [-0.2, -0.15) is 0 Å². The first-order valence-corrected chi connectivity index (χ1v) is 7.76. The second-order valence-electron chi connectivity index (χ2n) is 6.97. The summed E-state index contributed by atoms with van der Waals surface area (Å²) in [5, 5.41) is 3.86. The van der Waals surface area contributed by atoms with Crippen molar-refractivity contribution < 1.29 is 0 Å². The summed E-state index contributed by atoms with van der Waals surface area (Å²) in [6.45, 7) is 6.16. The van der Waals surface area contributed by atoms with E-state index in [-0.39, 0.29) is 5.66 Å². The summed E-state index contributed by atoms with van der Waals surface area (Å²) in [4.78, 5) is 5.18. The Morgan fingerprint density at radius 2 is 1.72 bits per heavy atom. The molecule has 0 spiro atoms. The second-order valence-corrected chi connectivity index (χ2v) is 6.97. The molecule has 6 aliphatic rings. The van der Waals surface area contributed by atoms with Crippen molar-refractivity contribution in [1.29, 1.82) is 0 Å². The van der Waals surface area contributed by atoms with E-state index in [0.717, 1.165) is 12.5 Å². The molecule has 0 saturated carbocycles. The van der Waals surface area contributed by atoms with Gasteiger partial charge in [0.1, 0.15) is 0 Å². The zero-order chi connectivity index (χ0) is 12.2. The molecule has 6 aliphatic heterocycles. The van der Waals surface area contributed by atoms with Crippen molar-refractivity contribution in [1.82, 2.24) is 15.1 Å². The van der Waals surface area contributed by atoms with Crippen LogP contribution in [0.2, 0.25) is 0 Å². The first kappa shape index (κ1) is 11.6. The Labute approximate surface area is 110 Å². The standard InChI is InChI=1S/C14H26N4/c15-14(10-17-5-3-12(14)4-6-17)16-13-9-11-1-7-18(13)8-2-11/h11-13,16H,1-10,15H2/t13-,14-/m1/s1. The summed E-state index contributed by atoms with van der Waals surface area (Å²) in [6, 6.07) is 0. The Balaban J connectivity index is 1.47. The molecule has 6 rings (SSSR count). The van der Waals surface area contributed by atoms with Gasteiger partial charge < -0.3 is 10.6 Å². The third kappa shape index (κ3) is 1.82. The minimum absolute atomic E-state index is 0.112. The van der Waals surface area contributed by atoms with E-state index in [4.69, 9.17) is 5.73 Å². The Morgan fingerprint density at radius 1 is 1.00 bits per heavy atom. The fourth-order valence-electron chi connectivity index (χ4n) is 4.69. The number of piperidine rings is 6. The predicted molar refractivity (Wildman–Crippen MR) is 71.9 cm³/mol. The van der Waals surface area contributed by atoms with Crippen LogP contribution in [0, 0.1) is 11.8 Å². The fourth-order valence-corrected chi connectivity index (χ4v) is 4.69. The highest BCUT2D eigenvalue weighted by atomic mass is 15.4. The van der Waals surface area contributed by atoms with E-state index in [2.05, 4.69) is 15.1 Å². The Hall–Kier alpha value is -0.160. The summed E-state index contributed by atoms with van der Waals surface area (Å²) in [5.74, 6) is 1.65. The fraction of sp³-hybridized carbons (Fsp3) is 1.00. The number of nitrogens with zero attached hydrogens (tertiary/aromatic N) is 2. The van der Waals surface area contributed by atoms with E-state index in [1.54, 1.807) is 0 Å². The molecule has 4 heteroatoms. The largest absolute Gasteiger partial charge is 0.312 e. The number of fused-ring (bicyclic) bond motifs is 6. The van der Waals surface area contributed by atoms with Crippen LogP contribution in [0.1, 0.15) is 32.1 Å². The van der Waals surface area contributed by atoms with Gasteiger partial charge in [-0.15, -0.1) is 0 Å². The monoisotopic (exact) mass is 250 g/mol. The molecule has 4 nitrogen and oxygen atoms in total. The van der Waals surface area contributed by atoms with E-state index >= 15 is 0 Å². The highest BCUT2D eigenvalue weighted by molar-refractivity contribution is 5.02. The molecule has 0 amide bonds. The second kappa shape index (κ2) is 4.17. The topological polar surface area (TPSA) is 44.5 Å². The summed E-state index contributed by atoms with van der Waals surface area (Å²) in [5.41, 5.74) is 6.61. The van der Waals surface area contributed by atoms with E-state index in [1.165, 1.54) is 58.3 Å². The molecule has 3 N–H and O–H groups in total. The molecule has 0 radical (unpaired) electrons. The molecule has 0 aromatic heterocycles. The van der Waals surface area contributed by atoms with Gasteiger partial charge in [-0.1, -0.05) is 0 Å². The first-order chi connectivity index (χ1) is 8.73. The van der Waals surface area contributed by atoms with Crippen LogP contribution in [0.15, 0.2) is 0 Å². The average molecular weight is 250 g/mol. The van der Waals surface area contributed by atoms with Gasteiger partial charge in [-0.3, -0.25) is 10.2 Å². The molecule has 0 unspecified atom stereocenters. The summed E-state index contributed by atoms with van der Waals surface area (Å²) >= 11 is 0. The van der Waals surface area contributed by atoms with Crippen molar-refractivity contribution in [2.24, 2.45) is 17.6 Å². The normalized spacial score (nSPS) is 54.8. The van der Waals surface area contributed by atoms with Gasteiger partial charge in [-0.25, -0.2) is 0 Å². The van der Waals surface area contributed by atoms with Crippen molar-refractivity contribution in [2.45, 2.75) is 43.9 Å². The molecule has 4 bridgehead atoms. The first-order valence-electron chi connectivity index (χ1n) is 7.76. The van der Waals surface area contributed by atoms with Crippen LogP contribution in [0.5, 0.6) is 0 Å². The van der Waals surface area contributed by atoms with Crippen LogP contribution in [-0.2, 0) is 0 Å². The van der Waals surface area contributed by atoms with Crippen LogP contribution >= 0.6 is 0 Å². The van der Waals surface area contributed by atoms with E-state index in [9.17, 15) is 0 Å². The average Bonchev–Trinajstić information content (AvgIpc) is 2.40. The maximum atomic E-state index is 6.73. The van der Waals surface area contributed by atoms with Gasteiger partial charge in [0.25, 0.3) is 0 Å². The number of nitrogens with one attached hydrogen (secondary N) is 1.